The van der Waals surface area contributed by atoms with Crippen molar-refractivity contribution >= 4 is 18.6 Å². The molecule has 1 aromatic heterocycles. The molecule has 0 saturated heterocycles. The maximum atomic E-state index is 10.4. The molecule has 6 heteroatoms. The second-order valence-electron chi connectivity index (χ2n) is 3.17. The number of hydrogen-bond donors (Lipinski definition) is 1. The van der Waals surface area contributed by atoms with Crippen LogP contribution in [0.15, 0.2) is 18.3 Å². The van der Waals surface area contributed by atoms with Gasteiger partial charge < -0.3 is 10.1 Å². The number of nitro groups is 1. The lowest BCUT2D eigenvalue weighted by atomic mass is 10.3. The fourth-order valence-corrected chi connectivity index (χ4v) is 1.53. The third-order valence-corrected chi connectivity index (χ3v) is 2.18. The van der Waals surface area contributed by atoms with E-state index in [1.165, 1.54) is 12.3 Å². The Labute approximate surface area is 93.8 Å². The Morgan fingerprint density at radius 1 is 1.60 bits per heavy atom. The third kappa shape index (κ3) is 3.85. The summed E-state index contributed by atoms with van der Waals surface area (Å²) in [5, 5.41) is 10.4. The van der Waals surface area contributed by atoms with Gasteiger partial charge in [-0.15, -0.1) is 0 Å². The third-order valence-electron chi connectivity index (χ3n) is 1.84. The maximum Gasteiger partial charge on any atom is 0.363 e. The molecule has 0 aliphatic heterocycles. The highest BCUT2D eigenvalue weighted by Crippen LogP contribution is 2.10. The molecule has 82 valence electrons. The average Bonchev–Trinajstić information content (AvgIpc) is 2.18. The van der Waals surface area contributed by atoms with E-state index in [4.69, 9.17) is 0 Å². The van der Waals surface area contributed by atoms with Gasteiger partial charge in [0.25, 0.3) is 0 Å². The largest absolute Gasteiger partial charge is 0.363 e. The number of hydrogen-bond acceptors (Lipinski definition) is 5. The molecule has 0 bridgehead atoms. The molecule has 0 N–H and O–H groups in total. The van der Waals surface area contributed by atoms with Crippen LogP contribution in [0.1, 0.15) is 18.9 Å². The van der Waals surface area contributed by atoms with Crippen LogP contribution >= 0.6 is 12.8 Å². The minimum Gasteiger partial charge on any atom is -0.358 e. The van der Waals surface area contributed by atoms with Crippen LogP contribution < -0.4 is 0 Å². The molecule has 0 radical (unpaired) electrons. The Morgan fingerprint density at radius 3 is 2.80 bits per heavy atom. The molecule has 1 rings (SSSR count). The van der Waals surface area contributed by atoms with E-state index in [1.807, 2.05) is 4.31 Å². The molecule has 0 atom stereocenters. The van der Waals surface area contributed by atoms with Crippen molar-refractivity contribution in [2.24, 2.45) is 0 Å². The fraction of sp³-hybridized carbons (Fsp3) is 0.444. The van der Waals surface area contributed by atoms with Gasteiger partial charge in [0.15, 0.2) is 0 Å². The summed E-state index contributed by atoms with van der Waals surface area (Å²) in [6.45, 7) is 3.58. The van der Waals surface area contributed by atoms with E-state index >= 15 is 0 Å². The van der Waals surface area contributed by atoms with E-state index in [0.29, 0.717) is 6.54 Å². The normalized spacial score (nSPS) is 10.6. The maximum absolute atomic E-state index is 10.4. The molecule has 1 aromatic rings. The molecule has 0 unspecified atom stereocenters. The van der Waals surface area contributed by atoms with Crippen LogP contribution in [0.4, 0.5) is 5.82 Å². The van der Waals surface area contributed by atoms with Gasteiger partial charge in [-0.2, -0.15) is 0 Å². The van der Waals surface area contributed by atoms with Crippen molar-refractivity contribution in [3.05, 3.63) is 34.0 Å². The summed E-state index contributed by atoms with van der Waals surface area (Å²) in [5.74, 6) is -0.125. The Hall–Kier alpha value is -1.14. The van der Waals surface area contributed by atoms with Crippen LogP contribution in [0.2, 0.25) is 0 Å². The molecule has 0 aliphatic carbocycles. The van der Waals surface area contributed by atoms with Gasteiger partial charge >= 0.3 is 5.82 Å². The van der Waals surface area contributed by atoms with Crippen molar-refractivity contribution in [2.45, 2.75) is 19.9 Å². The second kappa shape index (κ2) is 5.67. The molecule has 0 fully saturated rings. The van der Waals surface area contributed by atoms with Gasteiger partial charge in [-0.05, 0) is 22.4 Å². The van der Waals surface area contributed by atoms with E-state index in [-0.39, 0.29) is 5.82 Å². The number of rotatable bonds is 5. The zero-order valence-electron chi connectivity index (χ0n) is 8.46. The Balaban J connectivity index is 2.60. The van der Waals surface area contributed by atoms with Gasteiger partial charge in [0.2, 0.25) is 0 Å². The lowest BCUT2D eigenvalue weighted by Gasteiger charge is -2.12. The molecule has 0 saturated carbocycles. The minimum absolute atomic E-state index is 0.125. The SMILES string of the molecule is CCCN(S)Cc1ccc([N+](=O)[O-])nc1. The highest BCUT2D eigenvalue weighted by Gasteiger charge is 2.07. The van der Waals surface area contributed by atoms with Crippen molar-refractivity contribution in [1.29, 1.82) is 0 Å². The van der Waals surface area contributed by atoms with Crippen molar-refractivity contribution in [3.8, 4) is 0 Å². The number of pyridine rings is 1. The monoisotopic (exact) mass is 227 g/mol. The smallest absolute Gasteiger partial charge is 0.358 e. The summed E-state index contributed by atoms with van der Waals surface area (Å²) in [6, 6.07) is 3.10. The summed E-state index contributed by atoms with van der Waals surface area (Å²) in [6.07, 6.45) is 2.53. The van der Waals surface area contributed by atoms with Gasteiger partial charge in [-0.3, -0.25) is 0 Å². The van der Waals surface area contributed by atoms with Crippen LogP contribution in [-0.4, -0.2) is 20.8 Å². The highest BCUT2D eigenvalue weighted by atomic mass is 32.1. The van der Waals surface area contributed by atoms with Crippen LogP contribution in [0.25, 0.3) is 0 Å². The first-order chi connectivity index (χ1) is 7.13. The van der Waals surface area contributed by atoms with Crippen LogP contribution in [-0.2, 0) is 6.54 Å². The van der Waals surface area contributed by atoms with Gasteiger partial charge in [0, 0.05) is 24.7 Å². The highest BCUT2D eigenvalue weighted by molar-refractivity contribution is 7.77. The Morgan fingerprint density at radius 2 is 2.33 bits per heavy atom. The molecule has 5 nitrogen and oxygen atoms in total. The number of aromatic nitrogens is 1. The van der Waals surface area contributed by atoms with Gasteiger partial charge in [-0.25, -0.2) is 4.31 Å². The predicted octanol–water partition coefficient (Wildman–Crippen LogP) is 2.05. The molecular weight excluding hydrogens is 214 g/mol. The molecule has 15 heavy (non-hydrogen) atoms. The van der Waals surface area contributed by atoms with Crippen LogP contribution in [0.5, 0.6) is 0 Å². The Bertz CT molecular complexity index is 329. The van der Waals surface area contributed by atoms with Gasteiger partial charge in [0.05, 0.1) is 0 Å². The summed E-state index contributed by atoms with van der Waals surface area (Å²) < 4.78 is 1.85. The van der Waals surface area contributed by atoms with Gasteiger partial charge in [-0.1, -0.05) is 19.7 Å². The summed E-state index contributed by atoms with van der Waals surface area (Å²) >= 11 is 4.26. The standard InChI is InChI=1S/C9H13N3O2S/c1-2-5-11(15)7-8-3-4-9(10-6-8)12(13)14/h3-4,6,15H,2,5,7H2,1H3. The van der Waals surface area contributed by atoms with Crippen molar-refractivity contribution < 1.29 is 4.92 Å². The molecule has 0 aromatic carbocycles. The first kappa shape index (κ1) is 11.9. The summed E-state index contributed by atoms with van der Waals surface area (Å²) in [5.41, 5.74) is 0.920. The summed E-state index contributed by atoms with van der Waals surface area (Å²) in [7, 11) is 0. The lowest BCUT2D eigenvalue weighted by Crippen LogP contribution is -2.12. The number of thiol groups is 1. The quantitative estimate of drug-likeness (QED) is 0.475. The zero-order valence-corrected chi connectivity index (χ0v) is 9.35. The van der Waals surface area contributed by atoms with Crippen molar-refractivity contribution in [3.63, 3.8) is 0 Å². The minimum atomic E-state index is -0.506. The average molecular weight is 227 g/mol. The van der Waals surface area contributed by atoms with E-state index in [9.17, 15) is 10.1 Å². The first-order valence-corrected chi connectivity index (χ1v) is 5.06. The Kier molecular flexibility index (Phi) is 4.51. The van der Waals surface area contributed by atoms with Crippen LogP contribution in [0, 0.1) is 10.1 Å². The van der Waals surface area contributed by atoms with E-state index in [0.717, 1.165) is 18.5 Å². The molecule has 0 spiro atoms. The van der Waals surface area contributed by atoms with Crippen molar-refractivity contribution in [1.82, 2.24) is 9.29 Å². The lowest BCUT2D eigenvalue weighted by molar-refractivity contribution is -0.389. The molecule has 1 heterocycles. The van der Waals surface area contributed by atoms with Crippen LogP contribution in [0.3, 0.4) is 0 Å². The second-order valence-corrected chi connectivity index (χ2v) is 3.74. The first-order valence-electron chi connectivity index (χ1n) is 4.66. The van der Waals surface area contributed by atoms with Crippen molar-refractivity contribution in [2.75, 3.05) is 6.54 Å². The van der Waals surface area contributed by atoms with E-state index < -0.39 is 4.92 Å². The predicted molar refractivity (Wildman–Crippen MR) is 60.6 cm³/mol. The topological polar surface area (TPSA) is 59.3 Å². The molecule has 0 aliphatic rings. The molecule has 0 amide bonds. The molecular formula is C9H13N3O2S. The zero-order chi connectivity index (χ0) is 11.3. The summed E-state index contributed by atoms with van der Waals surface area (Å²) in [4.78, 5) is 13.6. The van der Waals surface area contributed by atoms with Gasteiger partial charge in [0.1, 0.15) is 6.20 Å². The van der Waals surface area contributed by atoms with E-state index in [2.05, 4.69) is 24.7 Å². The van der Waals surface area contributed by atoms with E-state index in [1.54, 1.807) is 6.07 Å². The fourth-order valence-electron chi connectivity index (χ4n) is 1.17. The number of nitrogens with zero attached hydrogens (tertiary/aromatic N) is 3.